The zero-order valence-electron chi connectivity index (χ0n) is 6.93. The summed E-state index contributed by atoms with van der Waals surface area (Å²) in [6, 6.07) is 2.76. The van der Waals surface area contributed by atoms with Crippen LogP contribution in [0.25, 0.3) is 0 Å². The summed E-state index contributed by atoms with van der Waals surface area (Å²) in [5, 5.41) is 8.63. The number of pyridine rings is 1. The number of aromatic nitrogens is 1. The molecule has 5 heteroatoms. The first-order valence-corrected chi connectivity index (χ1v) is 3.76. The van der Waals surface area contributed by atoms with Crippen molar-refractivity contribution in [3.63, 3.8) is 0 Å². The summed E-state index contributed by atoms with van der Waals surface area (Å²) in [5.41, 5.74) is 5.36. The summed E-state index contributed by atoms with van der Waals surface area (Å²) in [5.74, 6) is -0.717. The Kier molecular flexibility index (Phi) is 3.22. The average Bonchev–Trinajstić information content (AvgIpc) is 2.15. The summed E-state index contributed by atoms with van der Waals surface area (Å²) < 4.78 is 5.05. The molecule has 1 aromatic rings. The van der Waals surface area contributed by atoms with Gasteiger partial charge in [-0.05, 0) is 6.07 Å². The van der Waals surface area contributed by atoms with Crippen LogP contribution in [0, 0.1) is 0 Å². The summed E-state index contributed by atoms with van der Waals surface area (Å²) in [6.45, 7) is 0.703. The highest BCUT2D eigenvalue weighted by atomic mass is 16.5. The lowest BCUT2D eigenvalue weighted by Gasteiger charge is -2.02. The maximum absolute atomic E-state index is 10.5. The van der Waals surface area contributed by atoms with Crippen LogP contribution in [-0.2, 0) is 0 Å². The van der Waals surface area contributed by atoms with Gasteiger partial charge in [0.05, 0.1) is 5.56 Å². The van der Waals surface area contributed by atoms with Gasteiger partial charge in [0, 0.05) is 18.8 Å². The predicted octanol–water partition coefficient (Wildman–Crippen LogP) is 0.117. The van der Waals surface area contributed by atoms with Gasteiger partial charge in [-0.25, -0.2) is 9.78 Å². The van der Waals surface area contributed by atoms with Gasteiger partial charge in [0.25, 0.3) is 0 Å². The standard InChI is InChI=1S/C8H10N2O3/c9-2-4-13-7-5-6(8(11)12)1-3-10-7/h1,3,5H,2,4,9H2,(H,11,12). The van der Waals surface area contributed by atoms with E-state index in [-0.39, 0.29) is 11.4 Å². The predicted molar refractivity (Wildman–Crippen MR) is 45.7 cm³/mol. The molecular formula is C8H10N2O3. The first-order valence-electron chi connectivity index (χ1n) is 3.76. The van der Waals surface area contributed by atoms with Crippen molar-refractivity contribution in [3.8, 4) is 5.88 Å². The highest BCUT2D eigenvalue weighted by Gasteiger charge is 2.03. The second-order valence-electron chi connectivity index (χ2n) is 2.33. The number of ether oxygens (including phenoxy) is 1. The molecule has 0 aliphatic heterocycles. The molecule has 0 saturated heterocycles. The molecule has 0 bridgehead atoms. The first kappa shape index (κ1) is 9.47. The van der Waals surface area contributed by atoms with Gasteiger partial charge < -0.3 is 15.6 Å². The number of aromatic carboxylic acids is 1. The summed E-state index contributed by atoms with van der Waals surface area (Å²) in [7, 11) is 0. The summed E-state index contributed by atoms with van der Waals surface area (Å²) in [4.78, 5) is 14.3. The molecule has 13 heavy (non-hydrogen) atoms. The van der Waals surface area contributed by atoms with Crippen molar-refractivity contribution >= 4 is 5.97 Å². The van der Waals surface area contributed by atoms with Gasteiger partial charge in [-0.15, -0.1) is 0 Å². The Morgan fingerprint density at radius 2 is 2.46 bits per heavy atom. The third-order valence-electron chi connectivity index (χ3n) is 1.35. The van der Waals surface area contributed by atoms with E-state index in [9.17, 15) is 4.79 Å². The maximum atomic E-state index is 10.5. The molecule has 0 radical (unpaired) electrons. The lowest BCUT2D eigenvalue weighted by Crippen LogP contribution is -2.11. The van der Waals surface area contributed by atoms with Crippen LogP contribution in [0.15, 0.2) is 18.3 Å². The molecule has 0 amide bonds. The van der Waals surface area contributed by atoms with Crippen LogP contribution in [0.4, 0.5) is 0 Å². The minimum Gasteiger partial charge on any atom is -0.478 e. The van der Waals surface area contributed by atoms with E-state index in [1.54, 1.807) is 0 Å². The zero-order valence-corrected chi connectivity index (χ0v) is 6.93. The van der Waals surface area contributed by atoms with Crippen LogP contribution in [0.1, 0.15) is 10.4 Å². The lowest BCUT2D eigenvalue weighted by molar-refractivity contribution is 0.0696. The van der Waals surface area contributed by atoms with Gasteiger partial charge in [-0.2, -0.15) is 0 Å². The molecule has 0 aliphatic rings. The topological polar surface area (TPSA) is 85.4 Å². The summed E-state index contributed by atoms with van der Waals surface area (Å²) in [6.07, 6.45) is 1.38. The van der Waals surface area contributed by atoms with Gasteiger partial charge in [-0.3, -0.25) is 0 Å². The molecule has 0 atom stereocenters. The van der Waals surface area contributed by atoms with Crippen LogP contribution in [0.3, 0.4) is 0 Å². The van der Waals surface area contributed by atoms with Gasteiger partial charge in [0.15, 0.2) is 0 Å². The molecule has 0 aliphatic carbocycles. The van der Waals surface area contributed by atoms with E-state index in [0.29, 0.717) is 13.2 Å². The van der Waals surface area contributed by atoms with E-state index < -0.39 is 5.97 Å². The number of hydrogen-bond acceptors (Lipinski definition) is 4. The third kappa shape index (κ3) is 2.72. The van der Waals surface area contributed by atoms with Crippen LogP contribution in [0.5, 0.6) is 5.88 Å². The minimum atomic E-state index is -1.00. The molecular weight excluding hydrogens is 172 g/mol. The van der Waals surface area contributed by atoms with Crippen molar-refractivity contribution in [2.75, 3.05) is 13.2 Å². The largest absolute Gasteiger partial charge is 0.478 e. The number of carboxylic acids is 1. The SMILES string of the molecule is NCCOc1cc(C(=O)O)ccn1. The Morgan fingerprint density at radius 1 is 1.69 bits per heavy atom. The minimum absolute atomic E-state index is 0.155. The number of rotatable bonds is 4. The van der Waals surface area contributed by atoms with Crippen molar-refractivity contribution < 1.29 is 14.6 Å². The van der Waals surface area contributed by atoms with Crippen LogP contribution < -0.4 is 10.5 Å². The molecule has 70 valence electrons. The van der Waals surface area contributed by atoms with E-state index in [4.69, 9.17) is 15.6 Å². The van der Waals surface area contributed by atoms with E-state index in [1.165, 1.54) is 18.3 Å². The van der Waals surface area contributed by atoms with Crippen molar-refractivity contribution in [1.82, 2.24) is 4.98 Å². The van der Waals surface area contributed by atoms with Crippen molar-refractivity contribution in [3.05, 3.63) is 23.9 Å². The number of nitrogens with two attached hydrogens (primary N) is 1. The Labute approximate surface area is 75.2 Å². The van der Waals surface area contributed by atoms with Gasteiger partial charge in [0.1, 0.15) is 6.61 Å². The number of hydrogen-bond donors (Lipinski definition) is 2. The van der Waals surface area contributed by atoms with E-state index in [1.807, 2.05) is 0 Å². The van der Waals surface area contributed by atoms with Crippen LogP contribution in [0.2, 0.25) is 0 Å². The Balaban J connectivity index is 2.73. The second-order valence-corrected chi connectivity index (χ2v) is 2.33. The molecule has 0 unspecified atom stereocenters. The Morgan fingerprint density at radius 3 is 3.08 bits per heavy atom. The summed E-state index contributed by atoms with van der Waals surface area (Å²) >= 11 is 0. The van der Waals surface area contributed by atoms with Gasteiger partial charge in [0.2, 0.25) is 5.88 Å². The molecule has 0 saturated carbocycles. The molecule has 1 aromatic heterocycles. The fourth-order valence-corrected chi connectivity index (χ4v) is 0.785. The third-order valence-corrected chi connectivity index (χ3v) is 1.35. The first-order chi connectivity index (χ1) is 6.24. The fraction of sp³-hybridized carbons (Fsp3) is 0.250. The highest BCUT2D eigenvalue weighted by molar-refractivity contribution is 5.87. The van der Waals surface area contributed by atoms with Crippen molar-refractivity contribution in [2.45, 2.75) is 0 Å². The number of carbonyl (C=O) groups is 1. The lowest BCUT2D eigenvalue weighted by atomic mass is 10.3. The Bertz CT molecular complexity index is 301. The van der Waals surface area contributed by atoms with E-state index in [0.717, 1.165) is 0 Å². The molecule has 1 rings (SSSR count). The smallest absolute Gasteiger partial charge is 0.335 e. The molecule has 0 spiro atoms. The number of carboxylic acid groups (broad SMARTS) is 1. The number of nitrogens with zero attached hydrogens (tertiary/aromatic N) is 1. The fourth-order valence-electron chi connectivity index (χ4n) is 0.785. The molecule has 3 N–H and O–H groups in total. The normalized spacial score (nSPS) is 9.62. The monoisotopic (exact) mass is 182 g/mol. The van der Waals surface area contributed by atoms with Gasteiger partial charge >= 0.3 is 5.97 Å². The van der Waals surface area contributed by atoms with Crippen LogP contribution in [-0.4, -0.2) is 29.2 Å². The second kappa shape index (κ2) is 4.42. The molecule has 0 fully saturated rings. The van der Waals surface area contributed by atoms with Crippen molar-refractivity contribution in [1.29, 1.82) is 0 Å². The highest BCUT2D eigenvalue weighted by Crippen LogP contribution is 2.08. The van der Waals surface area contributed by atoms with Crippen LogP contribution >= 0.6 is 0 Å². The maximum Gasteiger partial charge on any atom is 0.335 e. The van der Waals surface area contributed by atoms with E-state index in [2.05, 4.69) is 4.98 Å². The van der Waals surface area contributed by atoms with Crippen molar-refractivity contribution in [2.24, 2.45) is 5.73 Å². The van der Waals surface area contributed by atoms with E-state index >= 15 is 0 Å². The molecule has 0 aromatic carbocycles. The quantitative estimate of drug-likeness (QED) is 0.690. The van der Waals surface area contributed by atoms with Gasteiger partial charge in [-0.1, -0.05) is 0 Å². The average molecular weight is 182 g/mol. The molecule has 1 heterocycles. The Hall–Kier alpha value is -1.62. The zero-order chi connectivity index (χ0) is 9.68. The molecule has 5 nitrogen and oxygen atoms in total.